The van der Waals surface area contributed by atoms with Crippen LogP contribution in [-0.4, -0.2) is 30.4 Å². The van der Waals surface area contributed by atoms with Crippen LogP contribution in [0.5, 0.6) is 11.6 Å². The predicted molar refractivity (Wildman–Crippen MR) is 43.4 cm³/mol. The molecule has 0 amide bonds. The molecule has 0 fully saturated rings. The van der Waals surface area contributed by atoms with E-state index in [-0.39, 0.29) is 13.2 Å². The van der Waals surface area contributed by atoms with Gasteiger partial charge in [-0.05, 0) is 6.07 Å². The summed E-state index contributed by atoms with van der Waals surface area (Å²) in [5, 5.41) is 8.45. The molecule has 1 aromatic heterocycles. The zero-order chi connectivity index (χ0) is 8.81. The highest BCUT2D eigenvalue weighted by atomic mass is 16.5. The van der Waals surface area contributed by atoms with Crippen molar-refractivity contribution in [1.29, 1.82) is 0 Å². The Labute approximate surface area is 70.8 Å². The fourth-order valence-corrected chi connectivity index (χ4v) is 0.723. The lowest BCUT2D eigenvalue weighted by Gasteiger charge is -2.03. The molecule has 0 atom stereocenters. The quantitative estimate of drug-likeness (QED) is 0.711. The first-order valence-corrected chi connectivity index (χ1v) is 3.60. The van der Waals surface area contributed by atoms with Gasteiger partial charge in [-0.15, -0.1) is 0 Å². The lowest BCUT2D eigenvalue weighted by atomic mass is 10.4. The van der Waals surface area contributed by atoms with E-state index < -0.39 is 0 Å². The summed E-state index contributed by atoms with van der Waals surface area (Å²) in [5.41, 5.74) is 0. The number of hydrogen-bond acceptors (Lipinski definition) is 4. The van der Waals surface area contributed by atoms with Crippen molar-refractivity contribution in [2.24, 2.45) is 0 Å². The average Bonchev–Trinajstić information content (AvgIpc) is 2.15. The number of nitrogens with zero attached hydrogens (tertiary/aromatic N) is 1. The van der Waals surface area contributed by atoms with E-state index in [9.17, 15) is 0 Å². The summed E-state index contributed by atoms with van der Waals surface area (Å²) in [6.45, 7) is 0.257. The summed E-state index contributed by atoms with van der Waals surface area (Å²) in [6.07, 6.45) is 1.56. The normalized spacial score (nSPS) is 9.50. The summed E-state index contributed by atoms with van der Waals surface area (Å²) in [7, 11) is 1.57. The molecule has 0 bridgehead atoms. The Balaban J connectivity index is 2.53. The third-order valence-electron chi connectivity index (χ3n) is 1.29. The number of aliphatic hydroxyl groups is 1. The monoisotopic (exact) mass is 169 g/mol. The van der Waals surface area contributed by atoms with Crippen LogP contribution in [0.1, 0.15) is 0 Å². The van der Waals surface area contributed by atoms with Gasteiger partial charge in [0.2, 0.25) is 5.88 Å². The van der Waals surface area contributed by atoms with Gasteiger partial charge in [-0.2, -0.15) is 0 Å². The topological polar surface area (TPSA) is 51.6 Å². The van der Waals surface area contributed by atoms with Crippen LogP contribution in [-0.2, 0) is 0 Å². The summed E-state index contributed by atoms with van der Waals surface area (Å²) in [4.78, 5) is 3.93. The number of hydrogen-bond donors (Lipinski definition) is 1. The van der Waals surface area contributed by atoms with Crippen molar-refractivity contribution in [3.63, 3.8) is 0 Å². The Morgan fingerprint density at radius 1 is 1.50 bits per heavy atom. The van der Waals surface area contributed by atoms with Gasteiger partial charge >= 0.3 is 0 Å². The van der Waals surface area contributed by atoms with Crippen molar-refractivity contribution < 1.29 is 14.6 Å². The molecule has 1 N–H and O–H groups in total. The number of methoxy groups -OCH3 is 1. The molecule has 0 spiro atoms. The smallest absolute Gasteiger partial charge is 0.213 e. The van der Waals surface area contributed by atoms with E-state index >= 15 is 0 Å². The SMILES string of the molecule is COc1ccc(OCCO)nc1. The van der Waals surface area contributed by atoms with E-state index in [0.717, 1.165) is 0 Å². The Kier molecular flexibility index (Phi) is 3.35. The standard InChI is InChI=1S/C8H11NO3/c1-11-7-2-3-8(9-6-7)12-5-4-10/h2-3,6,10H,4-5H2,1H3. The van der Waals surface area contributed by atoms with Crippen LogP contribution in [0.25, 0.3) is 0 Å². The zero-order valence-electron chi connectivity index (χ0n) is 6.86. The van der Waals surface area contributed by atoms with Crippen LogP contribution in [0.4, 0.5) is 0 Å². The second-order valence-electron chi connectivity index (χ2n) is 2.11. The number of aromatic nitrogens is 1. The molecule has 12 heavy (non-hydrogen) atoms. The highest BCUT2D eigenvalue weighted by molar-refractivity contribution is 5.22. The number of ether oxygens (including phenoxy) is 2. The van der Waals surface area contributed by atoms with E-state index in [4.69, 9.17) is 14.6 Å². The van der Waals surface area contributed by atoms with E-state index in [1.165, 1.54) is 0 Å². The van der Waals surface area contributed by atoms with E-state index in [1.807, 2.05) is 0 Å². The maximum Gasteiger partial charge on any atom is 0.213 e. The molecule has 1 aromatic rings. The van der Waals surface area contributed by atoms with Crippen LogP contribution in [0.3, 0.4) is 0 Å². The van der Waals surface area contributed by atoms with E-state index in [0.29, 0.717) is 11.6 Å². The van der Waals surface area contributed by atoms with Crippen molar-refractivity contribution in [3.05, 3.63) is 18.3 Å². The van der Waals surface area contributed by atoms with Crippen LogP contribution in [0, 0.1) is 0 Å². The summed E-state index contributed by atoms with van der Waals surface area (Å²) in [5.74, 6) is 1.18. The fraction of sp³-hybridized carbons (Fsp3) is 0.375. The number of rotatable bonds is 4. The van der Waals surface area contributed by atoms with Crippen LogP contribution in [0.2, 0.25) is 0 Å². The molecule has 1 rings (SSSR count). The number of aliphatic hydroxyl groups excluding tert-OH is 1. The third kappa shape index (κ3) is 2.39. The Bertz CT molecular complexity index is 222. The predicted octanol–water partition coefficient (Wildman–Crippen LogP) is 0.461. The van der Waals surface area contributed by atoms with Gasteiger partial charge in [0.15, 0.2) is 0 Å². The van der Waals surface area contributed by atoms with Crippen molar-refractivity contribution in [2.45, 2.75) is 0 Å². The lowest BCUT2D eigenvalue weighted by molar-refractivity contribution is 0.196. The molecule has 1 heterocycles. The minimum absolute atomic E-state index is 0.00624. The van der Waals surface area contributed by atoms with Gasteiger partial charge in [0.05, 0.1) is 19.9 Å². The second kappa shape index (κ2) is 4.56. The fourth-order valence-electron chi connectivity index (χ4n) is 0.723. The van der Waals surface area contributed by atoms with E-state index in [2.05, 4.69) is 4.98 Å². The Morgan fingerprint density at radius 2 is 2.33 bits per heavy atom. The van der Waals surface area contributed by atoms with Crippen LogP contribution in [0.15, 0.2) is 18.3 Å². The average molecular weight is 169 g/mol. The van der Waals surface area contributed by atoms with Crippen molar-refractivity contribution in [3.8, 4) is 11.6 Å². The molecule has 0 aliphatic carbocycles. The molecule has 4 heteroatoms. The van der Waals surface area contributed by atoms with Gasteiger partial charge in [-0.25, -0.2) is 4.98 Å². The molecule has 0 aliphatic heterocycles. The van der Waals surface area contributed by atoms with Gasteiger partial charge in [0.25, 0.3) is 0 Å². The Hall–Kier alpha value is -1.29. The summed E-state index contributed by atoms with van der Waals surface area (Å²) in [6, 6.07) is 3.44. The molecule has 0 aromatic carbocycles. The minimum Gasteiger partial charge on any atom is -0.495 e. The first-order valence-electron chi connectivity index (χ1n) is 3.60. The molecule has 0 unspecified atom stereocenters. The van der Waals surface area contributed by atoms with Crippen molar-refractivity contribution >= 4 is 0 Å². The molecule has 66 valence electrons. The Morgan fingerprint density at radius 3 is 2.83 bits per heavy atom. The van der Waals surface area contributed by atoms with Crippen LogP contribution >= 0.6 is 0 Å². The second-order valence-corrected chi connectivity index (χ2v) is 2.11. The van der Waals surface area contributed by atoms with Gasteiger partial charge in [-0.3, -0.25) is 0 Å². The maximum atomic E-state index is 8.45. The first kappa shape index (κ1) is 8.80. The molecular weight excluding hydrogens is 158 g/mol. The molecular formula is C8H11NO3. The lowest BCUT2D eigenvalue weighted by Crippen LogP contribution is -2.02. The molecule has 0 saturated heterocycles. The summed E-state index contributed by atoms with van der Waals surface area (Å²) < 4.78 is 9.94. The van der Waals surface area contributed by atoms with Crippen molar-refractivity contribution in [2.75, 3.05) is 20.3 Å². The van der Waals surface area contributed by atoms with Crippen molar-refractivity contribution in [1.82, 2.24) is 4.98 Å². The molecule has 0 aliphatic rings. The van der Waals surface area contributed by atoms with Crippen LogP contribution < -0.4 is 9.47 Å². The zero-order valence-corrected chi connectivity index (χ0v) is 6.86. The molecule has 0 radical (unpaired) electrons. The summed E-state index contributed by atoms with van der Waals surface area (Å²) >= 11 is 0. The highest BCUT2D eigenvalue weighted by Crippen LogP contribution is 2.12. The maximum absolute atomic E-state index is 8.45. The molecule has 4 nitrogen and oxygen atoms in total. The highest BCUT2D eigenvalue weighted by Gasteiger charge is 1.94. The van der Waals surface area contributed by atoms with Gasteiger partial charge < -0.3 is 14.6 Å². The van der Waals surface area contributed by atoms with Gasteiger partial charge in [-0.1, -0.05) is 0 Å². The van der Waals surface area contributed by atoms with E-state index in [1.54, 1.807) is 25.4 Å². The van der Waals surface area contributed by atoms with Gasteiger partial charge in [0, 0.05) is 6.07 Å². The largest absolute Gasteiger partial charge is 0.495 e. The first-order chi connectivity index (χ1) is 5.86. The number of pyridine rings is 1. The molecule has 0 saturated carbocycles. The minimum atomic E-state index is -0.00624. The van der Waals surface area contributed by atoms with Gasteiger partial charge in [0.1, 0.15) is 12.4 Å². The third-order valence-corrected chi connectivity index (χ3v) is 1.29.